The Morgan fingerprint density at radius 2 is 1.56 bits per heavy atom. The lowest BCUT2D eigenvalue weighted by Crippen LogP contribution is -2.44. The molecular formula is C23H26N2O2. The molecule has 0 spiro atoms. The minimum absolute atomic E-state index is 0.182. The highest BCUT2D eigenvalue weighted by atomic mass is 16.6. The molecule has 0 radical (unpaired) electrons. The highest BCUT2D eigenvalue weighted by Gasteiger charge is 2.50. The molecule has 3 aromatic rings. The van der Waals surface area contributed by atoms with Crippen LogP contribution in [0.5, 0.6) is 0 Å². The Bertz CT molecular complexity index is 976. The lowest BCUT2D eigenvalue weighted by atomic mass is 10.0. The van der Waals surface area contributed by atoms with E-state index in [1.807, 2.05) is 25.7 Å². The molecule has 1 aromatic heterocycles. The summed E-state index contributed by atoms with van der Waals surface area (Å²) in [6.45, 7) is 7.34. The van der Waals surface area contributed by atoms with Crippen molar-refractivity contribution < 1.29 is 9.53 Å². The Morgan fingerprint density at radius 1 is 0.963 bits per heavy atom. The molecular weight excluding hydrogens is 336 g/mol. The van der Waals surface area contributed by atoms with Crippen molar-refractivity contribution in [2.24, 2.45) is 11.8 Å². The van der Waals surface area contributed by atoms with Crippen molar-refractivity contribution in [3.63, 3.8) is 0 Å². The number of hydrogen-bond donors (Lipinski definition) is 0. The van der Waals surface area contributed by atoms with Gasteiger partial charge in [-0.05, 0) is 51.2 Å². The number of benzene rings is 2. The van der Waals surface area contributed by atoms with Gasteiger partial charge in [0.1, 0.15) is 5.60 Å². The molecule has 140 valence electrons. The van der Waals surface area contributed by atoms with Crippen LogP contribution in [0.4, 0.5) is 4.79 Å². The van der Waals surface area contributed by atoms with E-state index in [0.717, 1.165) is 13.1 Å². The first-order valence-corrected chi connectivity index (χ1v) is 9.88. The second-order valence-electron chi connectivity index (χ2n) is 9.02. The molecule has 2 aliphatic rings. The fraction of sp³-hybridized carbons (Fsp3) is 0.435. The van der Waals surface area contributed by atoms with Crippen molar-refractivity contribution in [3.8, 4) is 0 Å². The number of rotatable bonds is 1. The smallest absolute Gasteiger partial charge is 0.410 e. The molecule has 4 heteroatoms. The number of para-hydroxylation sites is 2. The molecule has 2 fully saturated rings. The summed E-state index contributed by atoms with van der Waals surface area (Å²) in [7, 11) is 0. The number of hydrogen-bond acceptors (Lipinski definition) is 2. The van der Waals surface area contributed by atoms with Crippen LogP contribution in [0.3, 0.4) is 0 Å². The minimum atomic E-state index is -0.459. The Hall–Kier alpha value is -2.49. The van der Waals surface area contributed by atoms with Gasteiger partial charge >= 0.3 is 6.09 Å². The maximum atomic E-state index is 12.7. The summed E-state index contributed by atoms with van der Waals surface area (Å²) >= 11 is 0. The molecule has 4 nitrogen and oxygen atoms in total. The summed E-state index contributed by atoms with van der Waals surface area (Å²) in [6, 6.07) is 17.5. The minimum Gasteiger partial charge on any atom is -0.444 e. The maximum Gasteiger partial charge on any atom is 0.410 e. The average molecular weight is 362 g/mol. The standard InChI is InChI=1S/C23H26N2O2/c1-23(2,3)27-22(26)24-13-15-12-18(15)21(14-24)25-19-10-6-4-8-16(19)17-9-5-7-11-20(17)25/h4-11,15,18,21H,12-14H2,1-3H3/t15?,18?,21-/m0/s1. The summed E-state index contributed by atoms with van der Waals surface area (Å²) in [4.78, 5) is 14.6. The highest BCUT2D eigenvalue weighted by Crippen LogP contribution is 2.52. The zero-order chi connectivity index (χ0) is 18.8. The van der Waals surface area contributed by atoms with E-state index in [-0.39, 0.29) is 6.09 Å². The van der Waals surface area contributed by atoms with Crippen molar-refractivity contribution >= 4 is 27.9 Å². The second kappa shape index (κ2) is 5.75. The van der Waals surface area contributed by atoms with Gasteiger partial charge in [-0.15, -0.1) is 0 Å². The fourth-order valence-electron chi connectivity index (χ4n) is 4.73. The molecule has 1 aliphatic carbocycles. The zero-order valence-corrected chi connectivity index (χ0v) is 16.2. The van der Waals surface area contributed by atoms with Crippen LogP contribution in [0.2, 0.25) is 0 Å². The maximum absolute atomic E-state index is 12.7. The van der Waals surface area contributed by atoms with Gasteiger partial charge in [0.25, 0.3) is 0 Å². The number of piperidine rings is 1. The predicted octanol–water partition coefficient (Wildman–Crippen LogP) is 5.22. The Labute approximate surface area is 159 Å². The number of carbonyl (C=O) groups excluding carboxylic acids is 1. The third-order valence-corrected chi connectivity index (χ3v) is 5.93. The van der Waals surface area contributed by atoms with Crippen molar-refractivity contribution in [3.05, 3.63) is 48.5 Å². The molecule has 1 saturated carbocycles. The molecule has 0 bridgehead atoms. The number of nitrogens with zero attached hydrogens (tertiary/aromatic N) is 2. The van der Waals surface area contributed by atoms with E-state index < -0.39 is 5.60 Å². The van der Waals surface area contributed by atoms with Crippen LogP contribution < -0.4 is 0 Å². The number of aromatic nitrogens is 1. The average Bonchev–Trinajstić information content (AvgIpc) is 3.34. The van der Waals surface area contributed by atoms with E-state index in [2.05, 4.69) is 53.1 Å². The zero-order valence-electron chi connectivity index (χ0n) is 16.2. The fourth-order valence-corrected chi connectivity index (χ4v) is 4.73. The quantitative estimate of drug-likeness (QED) is 0.595. The van der Waals surface area contributed by atoms with Gasteiger partial charge in [-0.25, -0.2) is 4.79 Å². The van der Waals surface area contributed by atoms with Crippen molar-refractivity contribution in [2.45, 2.75) is 38.8 Å². The van der Waals surface area contributed by atoms with Gasteiger partial charge in [-0.3, -0.25) is 0 Å². The molecule has 3 atom stereocenters. The van der Waals surface area contributed by atoms with Gasteiger partial charge in [0.15, 0.2) is 0 Å². The van der Waals surface area contributed by atoms with Gasteiger partial charge in [0.2, 0.25) is 0 Å². The molecule has 2 aromatic carbocycles. The third kappa shape index (κ3) is 2.78. The Kier molecular flexibility index (Phi) is 3.55. The van der Waals surface area contributed by atoms with Gasteiger partial charge < -0.3 is 14.2 Å². The molecule has 2 unspecified atom stereocenters. The van der Waals surface area contributed by atoms with Crippen molar-refractivity contribution in [2.75, 3.05) is 13.1 Å². The first kappa shape index (κ1) is 16.7. The summed E-state index contributed by atoms with van der Waals surface area (Å²) in [5.41, 5.74) is 2.07. The largest absolute Gasteiger partial charge is 0.444 e. The molecule has 1 amide bonds. The highest BCUT2D eigenvalue weighted by molar-refractivity contribution is 6.08. The normalized spacial score (nSPS) is 24.9. The Morgan fingerprint density at radius 3 is 2.15 bits per heavy atom. The van der Waals surface area contributed by atoms with E-state index in [9.17, 15) is 4.79 Å². The van der Waals surface area contributed by atoms with Crippen LogP contribution in [0.25, 0.3) is 21.8 Å². The second-order valence-corrected chi connectivity index (χ2v) is 9.02. The Balaban J connectivity index is 1.57. The number of likely N-dealkylation sites (tertiary alicyclic amines) is 1. The summed E-state index contributed by atoms with van der Waals surface area (Å²) in [5.74, 6) is 1.25. The van der Waals surface area contributed by atoms with Gasteiger partial charge in [-0.1, -0.05) is 36.4 Å². The van der Waals surface area contributed by atoms with Crippen LogP contribution >= 0.6 is 0 Å². The topological polar surface area (TPSA) is 34.5 Å². The lowest BCUT2D eigenvalue weighted by Gasteiger charge is -2.35. The number of ether oxygens (including phenoxy) is 1. The van der Waals surface area contributed by atoms with Crippen LogP contribution in [0.15, 0.2) is 48.5 Å². The first-order chi connectivity index (χ1) is 12.9. The molecule has 27 heavy (non-hydrogen) atoms. The monoisotopic (exact) mass is 362 g/mol. The van der Waals surface area contributed by atoms with Gasteiger partial charge in [-0.2, -0.15) is 0 Å². The van der Waals surface area contributed by atoms with Crippen molar-refractivity contribution in [1.82, 2.24) is 9.47 Å². The van der Waals surface area contributed by atoms with E-state index >= 15 is 0 Å². The van der Waals surface area contributed by atoms with E-state index in [1.165, 1.54) is 28.2 Å². The van der Waals surface area contributed by atoms with E-state index in [1.54, 1.807) is 0 Å². The number of carbonyl (C=O) groups is 1. The van der Waals surface area contributed by atoms with Crippen LogP contribution in [-0.4, -0.2) is 34.3 Å². The molecule has 0 N–H and O–H groups in total. The van der Waals surface area contributed by atoms with Crippen LogP contribution in [0.1, 0.15) is 33.2 Å². The third-order valence-electron chi connectivity index (χ3n) is 5.93. The molecule has 1 aliphatic heterocycles. The molecule has 5 rings (SSSR count). The first-order valence-electron chi connectivity index (χ1n) is 9.88. The lowest BCUT2D eigenvalue weighted by molar-refractivity contribution is 0.0165. The van der Waals surface area contributed by atoms with E-state index in [0.29, 0.717) is 17.9 Å². The van der Waals surface area contributed by atoms with Crippen LogP contribution in [-0.2, 0) is 4.74 Å². The predicted molar refractivity (Wildman–Crippen MR) is 108 cm³/mol. The van der Waals surface area contributed by atoms with Gasteiger partial charge in [0.05, 0.1) is 6.04 Å². The molecule has 2 heterocycles. The van der Waals surface area contributed by atoms with Gasteiger partial charge in [0, 0.05) is 34.9 Å². The van der Waals surface area contributed by atoms with E-state index in [4.69, 9.17) is 4.74 Å². The number of fused-ring (bicyclic) bond motifs is 4. The molecule has 1 saturated heterocycles. The summed E-state index contributed by atoms with van der Waals surface area (Å²) < 4.78 is 8.14. The van der Waals surface area contributed by atoms with Crippen molar-refractivity contribution in [1.29, 1.82) is 0 Å². The summed E-state index contributed by atoms with van der Waals surface area (Å²) in [6.07, 6.45) is 1.02. The number of amides is 1. The summed E-state index contributed by atoms with van der Waals surface area (Å²) in [5, 5.41) is 2.58. The SMILES string of the molecule is CC(C)(C)OC(=O)N1CC2CC2[C@@H](n2c3ccccc3c3ccccc32)C1. The van der Waals surface area contributed by atoms with Crippen LogP contribution in [0, 0.1) is 11.8 Å².